The Balaban J connectivity index is 2.02. The maximum atomic E-state index is 12.6. The van der Waals surface area contributed by atoms with Crippen molar-refractivity contribution < 1.29 is 34.2 Å². The number of rotatable bonds is 12. The molecule has 35 heavy (non-hydrogen) atoms. The van der Waals surface area contributed by atoms with E-state index in [0.29, 0.717) is 5.56 Å². The highest BCUT2D eigenvalue weighted by molar-refractivity contribution is 5.95. The monoisotopic (exact) mass is 490 g/mol. The molecular formula is C22H30N6O7. The predicted octanol–water partition coefficient (Wildman–Crippen LogP) is -2.15. The number of carbonyl (C=O) groups excluding carboxylic acids is 4. The molecule has 0 saturated heterocycles. The van der Waals surface area contributed by atoms with Crippen molar-refractivity contribution in [1.82, 2.24) is 20.9 Å². The van der Waals surface area contributed by atoms with Crippen LogP contribution in [0.15, 0.2) is 30.5 Å². The van der Waals surface area contributed by atoms with Crippen LogP contribution < -0.4 is 27.4 Å². The summed E-state index contributed by atoms with van der Waals surface area (Å²) in [6.07, 6.45) is -0.179. The van der Waals surface area contributed by atoms with Gasteiger partial charge in [0, 0.05) is 23.5 Å². The molecule has 5 unspecified atom stereocenters. The van der Waals surface area contributed by atoms with E-state index in [9.17, 15) is 34.2 Å². The molecule has 2 rings (SSSR count). The summed E-state index contributed by atoms with van der Waals surface area (Å²) in [6.45, 7) is 2.55. The summed E-state index contributed by atoms with van der Waals surface area (Å²) in [6, 6.07) is 2.00. The van der Waals surface area contributed by atoms with Crippen LogP contribution in [0.2, 0.25) is 0 Å². The van der Waals surface area contributed by atoms with Crippen LogP contribution in [0, 0.1) is 0 Å². The van der Waals surface area contributed by atoms with Gasteiger partial charge in [-0.15, -0.1) is 0 Å². The average Bonchev–Trinajstić information content (AvgIpc) is 3.18. The van der Waals surface area contributed by atoms with Gasteiger partial charge in [0.15, 0.2) is 0 Å². The molecule has 1 aromatic heterocycles. The van der Waals surface area contributed by atoms with Crippen LogP contribution in [0.1, 0.15) is 25.8 Å². The third-order valence-corrected chi connectivity index (χ3v) is 5.29. The molecule has 1 heterocycles. The Labute approximate surface area is 200 Å². The zero-order valence-electron chi connectivity index (χ0n) is 19.3. The number of hydrogen-bond donors (Lipinski definition) is 8. The summed E-state index contributed by atoms with van der Waals surface area (Å²) in [5, 5.41) is 27.2. The SMILES string of the molecule is CC(NC(=O)C(NC(=O)C(N)CC(N)=O)C(C)O)C(=O)NC(Cc1c[nH]c2ccccc12)C(=O)O. The molecule has 0 radical (unpaired) electrons. The number of nitrogens with one attached hydrogen (secondary N) is 4. The molecule has 0 aliphatic carbocycles. The Morgan fingerprint density at radius 3 is 2.26 bits per heavy atom. The van der Waals surface area contributed by atoms with Crippen molar-refractivity contribution in [1.29, 1.82) is 0 Å². The van der Waals surface area contributed by atoms with Crippen molar-refractivity contribution in [2.45, 2.75) is 57.0 Å². The van der Waals surface area contributed by atoms with Gasteiger partial charge >= 0.3 is 5.97 Å². The molecule has 0 bridgehead atoms. The van der Waals surface area contributed by atoms with E-state index in [-0.39, 0.29) is 6.42 Å². The molecule has 13 heteroatoms. The number of carboxylic acid groups (broad SMARTS) is 1. The van der Waals surface area contributed by atoms with Gasteiger partial charge < -0.3 is 42.6 Å². The Morgan fingerprint density at radius 1 is 1.00 bits per heavy atom. The van der Waals surface area contributed by atoms with Gasteiger partial charge in [-0.05, 0) is 25.5 Å². The van der Waals surface area contributed by atoms with Crippen molar-refractivity contribution in [2.24, 2.45) is 11.5 Å². The van der Waals surface area contributed by atoms with Gasteiger partial charge in [-0.3, -0.25) is 19.2 Å². The van der Waals surface area contributed by atoms with Crippen molar-refractivity contribution in [3.8, 4) is 0 Å². The number of hydrogen-bond acceptors (Lipinski definition) is 7. The molecule has 13 nitrogen and oxygen atoms in total. The number of primary amides is 1. The van der Waals surface area contributed by atoms with E-state index < -0.39 is 66.3 Å². The average molecular weight is 491 g/mol. The number of carboxylic acids is 1. The van der Waals surface area contributed by atoms with Crippen molar-refractivity contribution in [3.05, 3.63) is 36.0 Å². The third kappa shape index (κ3) is 7.52. The van der Waals surface area contributed by atoms with Crippen molar-refractivity contribution in [2.75, 3.05) is 0 Å². The van der Waals surface area contributed by atoms with Crippen LogP contribution in [0.5, 0.6) is 0 Å². The number of aliphatic hydroxyl groups is 1. The van der Waals surface area contributed by atoms with Crippen LogP contribution in [0.25, 0.3) is 10.9 Å². The Bertz CT molecular complexity index is 1100. The first-order valence-corrected chi connectivity index (χ1v) is 10.8. The lowest BCUT2D eigenvalue weighted by atomic mass is 10.0. The smallest absolute Gasteiger partial charge is 0.326 e. The fourth-order valence-electron chi connectivity index (χ4n) is 3.36. The van der Waals surface area contributed by atoms with Crippen LogP contribution >= 0.6 is 0 Å². The van der Waals surface area contributed by atoms with Gasteiger partial charge in [-0.1, -0.05) is 18.2 Å². The molecule has 0 aliphatic heterocycles. The normalized spacial score (nSPS) is 15.3. The number of para-hydroxylation sites is 1. The highest BCUT2D eigenvalue weighted by Crippen LogP contribution is 2.19. The maximum Gasteiger partial charge on any atom is 0.326 e. The minimum absolute atomic E-state index is 0.00411. The zero-order valence-corrected chi connectivity index (χ0v) is 19.3. The second-order valence-electron chi connectivity index (χ2n) is 8.20. The quantitative estimate of drug-likeness (QED) is 0.163. The fourth-order valence-corrected chi connectivity index (χ4v) is 3.36. The van der Waals surface area contributed by atoms with Gasteiger partial charge in [0.05, 0.1) is 18.6 Å². The van der Waals surface area contributed by atoms with E-state index in [2.05, 4.69) is 20.9 Å². The first-order chi connectivity index (χ1) is 16.4. The van der Waals surface area contributed by atoms with E-state index in [1.165, 1.54) is 13.8 Å². The number of fused-ring (bicyclic) bond motifs is 1. The first kappa shape index (κ1) is 27.3. The molecule has 0 spiro atoms. The molecular weight excluding hydrogens is 460 g/mol. The summed E-state index contributed by atoms with van der Waals surface area (Å²) in [5.41, 5.74) is 12.0. The third-order valence-electron chi connectivity index (χ3n) is 5.29. The highest BCUT2D eigenvalue weighted by Gasteiger charge is 2.31. The van der Waals surface area contributed by atoms with Crippen molar-refractivity contribution >= 4 is 40.5 Å². The molecule has 2 aromatic rings. The van der Waals surface area contributed by atoms with Crippen LogP contribution in [-0.4, -0.2) is 75.1 Å². The number of aromatic amines is 1. The topological polar surface area (TPSA) is 230 Å². The second-order valence-corrected chi connectivity index (χ2v) is 8.20. The van der Waals surface area contributed by atoms with Crippen molar-refractivity contribution in [3.63, 3.8) is 0 Å². The van der Waals surface area contributed by atoms with E-state index in [4.69, 9.17) is 11.5 Å². The predicted molar refractivity (Wildman–Crippen MR) is 125 cm³/mol. The summed E-state index contributed by atoms with van der Waals surface area (Å²) in [4.78, 5) is 63.0. The molecule has 190 valence electrons. The first-order valence-electron chi connectivity index (χ1n) is 10.8. The summed E-state index contributed by atoms with van der Waals surface area (Å²) in [7, 11) is 0. The second kappa shape index (κ2) is 11.9. The number of aliphatic carboxylic acids is 1. The molecule has 0 aliphatic rings. The number of carbonyl (C=O) groups is 5. The maximum absolute atomic E-state index is 12.6. The zero-order chi connectivity index (χ0) is 26.3. The molecule has 1 aromatic carbocycles. The molecule has 5 atom stereocenters. The largest absolute Gasteiger partial charge is 0.480 e. The standard InChI is InChI=1S/C22H30N6O7/c1-10(26-21(33)18(11(2)29)28-20(32)14(23)8-17(24)30)19(31)27-16(22(34)35)7-12-9-25-15-6-4-3-5-13(12)15/h3-6,9-11,14,16,18,25,29H,7-8,23H2,1-2H3,(H2,24,30)(H,26,33)(H,27,31)(H,28,32)(H,34,35). The lowest BCUT2D eigenvalue weighted by molar-refractivity contribution is -0.142. The minimum atomic E-state index is -1.49. The van der Waals surface area contributed by atoms with E-state index in [1.54, 1.807) is 6.20 Å². The number of amides is 4. The van der Waals surface area contributed by atoms with Gasteiger partial charge in [-0.2, -0.15) is 0 Å². The van der Waals surface area contributed by atoms with E-state index >= 15 is 0 Å². The fraction of sp³-hybridized carbons (Fsp3) is 0.409. The number of benzene rings is 1. The van der Waals surface area contributed by atoms with Gasteiger partial charge in [0.1, 0.15) is 18.1 Å². The number of nitrogens with two attached hydrogens (primary N) is 2. The van der Waals surface area contributed by atoms with Gasteiger partial charge in [-0.25, -0.2) is 4.79 Å². The Hall–Kier alpha value is -3.97. The summed E-state index contributed by atoms with van der Waals surface area (Å²) < 4.78 is 0. The van der Waals surface area contributed by atoms with Crippen LogP contribution in [-0.2, 0) is 30.4 Å². The lowest BCUT2D eigenvalue weighted by Gasteiger charge is -2.25. The highest BCUT2D eigenvalue weighted by atomic mass is 16.4. The summed E-state index contributed by atoms with van der Waals surface area (Å²) >= 11 is 0. The molecule has 4 amide bonds. The van der Waals surface area contributed by atoms with Crippen LogP contribution in [0.3, 0.4) is 0 Å². The Morgan fingerprint density at radius 2 is 1.66 bits per heavy atom. The minimum Gasteiger partial charge on any atom is -0.480 e. The van der Waals surface area contributed by atoms with E-state index in [0.717, 1.165) is 10.9 Å². The number of H-pyrrole nitrogens is 1. The Kier molecular flexibility index (Phi) is 9.31. The van der Waals surface area contributed by atoms with E-state index in [1.807, 2.05) is 24.3 Å². The van der Waals surface area contributed by atoms with Gasteiger partial charge in [0.25, 0.3) is 0 Å². The molecule has 10 N–H and O–H groups in total. The molecule has 0 fully saturated rings. The lowest BCUT2D eigenvalue weighted by Crippen LogP contribution is -2.59. The molecule has 0 saturated carbocycles. The summed E-state index contributed by atoms with van der Waals surface area (Å²) in [5.74, 6) is -4.68. The number of aromatic nitrogens is 1. The van der Waals surface area contributed by atoms with Gasteiger partial charge in [0.2, 0.25) is 23.6 Å². The van der Waals surface area contributed by atoms with Crippen LogP contribution in [0.4, 0.5) is 0 Å². The number of aliphatic hydroxyl groups excluding tert-OH is 1.